The molecule has 0 radical (unpaired) electrons. The second-order valence-electron chi connectivity index (χ2n) is 4.02. The molecule has 4 heteroatoms. The summed E-state index contributed by atoms with van der Waals surface area (Å²) in [6.45, 7) is 3.64. The molecule has 15 heavy (non-hydrogen) atoms. The van der Waals surface area contributed by atoms with Crippen molar-refractivity contribution in [1.29, 1.82) is 0 Å². The van der Waals surface area contributed by atoms with Crippen molar-refractivity contribution in [1.82, 2.24) is 0 Å². The quantitative estimate of drug-likeness (QED) is 0.798. The number of hydrogen-bond acceptors (Lipinski definition) is 2. The minimum Gasteiger partial charge on any atom is -0.329 e. The van der Waals surface area contributed by atoms with Gasteiger partial charge in [0.25, 0.3) is 0 Å². The zero-order valence-corrected chi connectivity index (χ0v) is 8.88. The van der Waals surface area contributed by atoms with E-state index in [0.29, 0.717) is 0 Å². The molecule has 82 valence electrons. The Hall–Kier alpha value is -1.42. The van der Waals surface area contributed by atoms with E-state index < -0.39 is 11.2 Å². The van der Waals surface area contributed by atoms with Crippen molar-refractivity contribution in [2.24, 2.45) is 11.1 Å². The summed E-state index contributed by atoms with van der Waals surface area (Å²) in [7, 11) is 0. The molecular weight excluding hydrogens is 195 g/mol. The Morgan fingerprint density at radius 2 is 2.07 bits per heavy atom. The fourth-order valence-electron chi connectivity index (χ4n) is 0.947. The first-order valence-electron chi connectivity index (χ1n) is 4.73. The number of carbonyl (C=O) groups excluding carboxylic acids is 1. The first-order valence-corrected chi connectivity index (χ1v) is 4.73. The molecule has 1 aromatic rings. The maximum Gasteiger partial charge on any atom is 0.231 e. The molecule has 0 aliphatic heterocycles. The molecule has 0 spiro atoms. The normalized spacial score (nSPS) is 11.2. The molecule has 0 aliphatic rings. The summed E-state index contributed by atoms with van der Waals surface area (Å²) in [5.74, 6) is -0.728. The molecular formula is C11H15FN2O. The molecule has 0 saturated carbocycles. The summed E-state index contributed by atoms with van der Waals surface area (Å²) in [5.41, 5.74) is 4.94. The molecule has 3 N–H and O–H groups in total. The van der Waals surface area contributed by atoms with E-state index in [-0.39, 0.29) is 18.1 Å². The monoisotopic (exact) mass is 210 g/mol. The molecule has 1 amide bonds. The second-order valence-corrected chi connectivity index (χ2v) is 4.02. The number of anilines is 1. The third-order valence-corrected chi connectivity index (χ3v) is 2.25. The standard InChI is InChI=1S/C11H15FN2O/c1-11(2,7-13)10(15)14-9-6-4-3-5-8(9)12/h3-6H,7,13H2,1-2H3,(H,14,15). The van der Waals surface area contributed by atoms with Crippen LogP contribution in [0.2, 0.25) is 0 Å². The van der Waals surface area contributed by atoms with Gasteiger partial charge in [0.05, 0.1) is 11.1 Å². The highest BCUT2D eigenvalue weighted by molar-refractivity contribution is 5.95. The van der Waals surface area contributed by atoms with Gasteiger partial charge in [-0.1, -0.05) is 12.1 Å². The summed E-state index contributed by atoms with van der Waals surface area (Å²) in [6.07, 6.45) is 0. The lowest BCUT2D eigenvalue weighted by molar-refractivity contribution is -0.123. The highest BCUT2D eigenvalue weighted by Gasteiger charge is 2.26. The molecule has 0 aliphatic carbocycles. The first kappa shape index (κ1) is 11.7. The van der Waals surface area contributed by atoms with Crippen LogP contribution in [0, 0.1) is 11.2 Å². The molecule has 1 rings (SSSR count). The Labute approximate surface area is 88.5 Å². The van der Waals surface area contributed by atoms with Crippen molar-refractivity contribution >= 4 is 11.6 Å². The van der Waals surface area contributed by atoms with Crippen LogP contribution in [0.15, 0.2) is 24.3 Å². The van der Waals surface area contributed by atoms with E-state index in [4.69, 9.17) is 5.73 Å². The summed E-state index contributed by atoms with van der Waals surface area (Å²) >= 11 is 0. The van der Waals surface area contributed by atoms with Gasteiger partial charge in [0.1, 0.15) is 5.82 Å². The van der Waals surface area contributed by atoms with Crippen molar-refractivity contribution < 1.29 is 9.18 Å². The van der Waals surface area contributed by atoms with Gasteiger partial charge in [-0.2, -0.15) is 0 Å². The van der Waals surface area contributed by atoms with E-state index in [0.717, 1.165) is 0 Å². The molecule has 0 atom stereocenters. The first-order chi connectivity index (χ1) is 6.97. The van der Waals surface area contributed by atoms with Gasteiger partial charge >= 0.3 is 0 Å². The predicted molar refractivity (Wildman–Crippen MR) is 57.9 cm³/mol. The largest absolute Gasteiger partial charge is 0.329 e. The molecule has 1 aromatic carbocycles. The van der Waals surface area contributed by atoms with Crippen LogP contribution in [0.4, 0.5) is 10.1 Å². The zero-order valence-electron chi connectivity index (χ0n) is 8.88. The number of halogens is 1. The number of nitrogens with two attached hydrogens (primary N) is 1. The van der Waals surface area contributed by atoms with Gasteiger partial charge in [0, 0.05) is 6.54 Å². The van der Waals surface area contributed by atoms with Crippen molar-refractivity contribution in [2.45, 2.75) is 13.8 Å². The van der Waals surface area contributed by atoms with Crippen LogP contribution in [-0.4, -0.2) is 12.5 Å². The van der Waals surface area contributed by atoms with Crippen LogP contribution in [0.3, 0.4) is 0 Å². The van der Waals surface area contributed by atoms with Crippen LogP contribution in [-0.2, 0) is 4.79 Å². The fourth-order valence-corrected chi connectivity index (χ4v) is 0.947. The van der Waals surface area contributed by atoms with Crippen molar-refractivity contribution in [3.63, 3.8) is 0 Å². The SMILES string of the molecule is CC(C)(CN)C(=O)Nc1ccccc1F. The molecule has 0 bridgehead atoms. The van der Waals surface area contributed by atoms with Crippen molar-refractivity contribution in [2.75, 3.05) is 11.9 Å². The van der Waals surface area contributed by atoms with Gasteiger partial charge in [-0.05, 0) is 26.0 Å². The second kappa shape index (κ2) is 4.40. The lowest BCUT2D eigenvalue weighted by atomic mass is 9.92. The van der Waals surface area contributed by atoms with E-state index in [1.165, 1.54) is 12.1 Å². The summed E-state index contributed by atoms with van der Waals surface area (Å²) in [6, 6.07) is 6.04. The van der Waals surface area contributed by atoms with Gasteiger partial charge in [0.15, 0.2) is 0 Å². The van der Waals surface area contributed by atoms with E-state index in [1.807, 2.05) is 0 Å². The minimum atomic E-state index is -0.692. The molecule has 0 fully saturated rings. The van der Waals surface area contributed by atoms with E-state index in [2.05, 4.69) is 5.32 Å². The number of hydrogen-bond donors (Lipinski definition) is 2. The van der Waals surface area contributed by atoms with Crippen LogP contribution in [0.25, 0.3) is 0 Å². The van der Waals surface area contributed by atoms with Crippen molar-refractivity contribution in [3.05, 3.63) is 30.1 Å². The molecule has 0 heterocycles. The zero-order chi connectivity index (χ0) is 11.5. The summed E-state index contributed by atoms with van der Waals surface area (Å²) in [4.78, 5) is 11.7. The average molecular weight is 210 g/mol. The topological polar surface area (TPSA) is 55.1 Å². The number of para-hydroxylation sites is 1. The van der Waals surface area contributed by atoms with Gasteiger partial charge in [0.2, 0.25) is 5.91 Å². The highest BCUT2D eigenvalue weighted by Crippen LogP contribution is 2.18. The lowest BCUT2D eigenvalue weighted by Crippen LogP contribution is -2.37. The smallest absolute Gasteiger partial charge is 0.231 e. The van der Waals surface area contributed by atoms with Crippen LogP contribution in [0.1, 0.15) is 13.8 Å². The highest BCUT2D eigenvalue weighted by atomic mass is 19.1. The predicted octanol–water partition coefficient (Wildman–Crippen LogP) is 1.75. The Bertz CT molecular complexity index is 363. The maximum absolute atomic E-state index is 13.2. The van der Waals surface area contributed by atoms with E-state index in [1.54, 1.807) is 26.0 Å². The number of rotatable bonds is 3. The molecule has 3 nitrogen and oxygen atoms in total. The Morgan fingerprint density at radius 1 is 1.47 bits per heavy atom. The summed E-state index contributed by atoms with van der Waals surface area (Å²) < 4.78 is 13.2. The van der Waals surface area contributed by atoms with Crippen molar-refractivity contribution in [3.8, 4) is 0 Å². The molecule has 0 saturated heterocycles. The third kappa shape index (κ3) is 2.76. The third-order valence-electron chi connectivity index (χ3n) is 2.25. The van der Waals surface area contributed by atoms with Crippen LogP contribution < -0.4 is 11.1 Å². The van der Waals surface area contributed by atoms with E-state index >= 15 is 0 Å². The Kier molecular flexibility index (Phi) is 3.42. The van der Waals surface area contributed by atoms with Crippen LogP contribution >= 0.6 is 0 Å². The number of carbonyl (C=O) groups is 1. The molecule has 0 unspecified atom stereocenters. The van der Waals surface area contributed by atoms with Gasteiger partial charge < -0.3 is 11.1 Å². The van der Waals surface area contributed by atoms with Crippen LogP contribution in [0.5, 0.6) is 0 Å². The Balaban J connectivity index is 2.80. The fraction of sp³-hybridized carbons (Fsp3) is 0.364. The maximum atomic E-state index is 13.2. The number of nitrogens with one attached hydrogen (secondary N) is 1. The summed E-state index contributed by atoms with van der Waals surface area (Å²) in [5, 5.41) is 2.51. The number of benzene rings is 1. The number of amides is 1. The van der Waals surface area contributed by atoms with Gasteiger partial charge in [-0.25, -0.2) is 4.39 Å². The van der Waals surface area contributed by atoms with Gasteiger partial charge in [-0.3, -0.25) is 4.79 Å². The Morgan fingerprint density at radius 3 is 2.60 bits per heavy atom. The van der Waals surface area contributed by atoms with E-state index in [9.17, 15) is 9.18 Å². The lowest BCUT2D eigenvalue weighted by Gasteiger charge is -2.21. The average Bonchev–Trinajstić information content (AvgIpc) is 2.21. The van der Waals surface area contributed by atoms with Gasteiger partial charge in [-0.15, -0.1) is 0 Å². The molecule has 0 aromatic heterocycles. The minimum absolute atomic E-state index is 0.184.